The number of fused-ring (bicyclic) bond motifs is 2. The van der Waals surface area contributed by atoms with Crippen LogP contribution in [0.5, 0.6) is 0 Å². The largest absolute Gasteiger partial charge is 0.349 e. The number of para-hydroxylation sites is 2. The highest BCUT2D eigenvalue weighted by Gasteiger charge is 2.30. The summed E-state index contributed by atoms with van der Waals surface area (Å²) in [5.74, 6) is 0. The molecule has 1 aliphatic heterocycles. The fraction of sp³-hybridized carbons (Fsp3) is 0.200. The number of hydrogen-bond donors (Lipinski definition) is 1. The van der Waals surface area contributed by atoms with Gasteiger partial charge in [-0.3, -0.25) is 4.57 Å². The summed E-state index contributed by atoms with van der Waals surface area (Å²) in [6, 6.07) is 15.4. The molecule has 0 saturated heterocycles. The Morgan fingerprint density at radius 3 is 2.14 bits per heavy atom. The van der Waals surface area contributed by atoms with Crippen LogP contribution >= 0.6 is 19.4 Å². The monoisotopic (exact) mass is 321 g/mol. The lowest BCUT2D eigenvalue weighted by molar-refractivity contribution is 0.260. The number of nitrogens with zero attached hydrogens (tertiary/aromatic N) is 1. The molecule has 1 N–H and O–H groups in total. The standard InChI is InChI=1S/C15H16NO3PS/c1-2-11-20(17,18)19-16-12-7-3-5-9-14(12)21-15-10-6-4-8-13(15)16/h3-10H,2,11H2,1H3,(H,17,18). The molecule has 0 bridgehead atoms. The first-order valence-corrected chi connectivity index (χ1v) is 9.36. The average Bonchev–Trinajstić information content (AvgIpc) is 2.47. The van der Waals surface area contributed by atoms with Gasteiger partial charge in [-0.15, -0.1) is 0 Å². The molecule has 1 atom stereocenters. The third-order valence-corrected chi connectivity index (χ3v) is 5.66. The second-order valence-corrected chi connectivity index (χ2v) is 7.74. The Kier molecular flexibility index (Phi) is 4.09. The quantitative estimate of drug-likeness (QED) is 0.818. The summed E-state index contributed by atoms with van der Waals surface area (Å²) < 4.78 is 17.7. The van der Waals surface area contributed by atoms with Gasteiger partial charge >= 0.3 is 7.60 Å². The van der Waals surface area contributed by atoms with E-state index in [0.717, 1.165) is 21.2 Å². The molecule has 3 rings (SSSR count). The van der Waals surface area contributed by atoms with Crippen LogP contribution < -0.4 is 5.06 Å². The van der Waals surface area contributed by atoms with Crippen molar-refractivity contribution in [3.63, 3.8) is 0 Å². The molecule has 0 spiro atoms. The first-order valence-electron chi connectivity index (χ1n) is 6.78. The predicted octanol–water partition coefficient (Wildman–Crippen LogP) is 4.82. The van der Waals surface area contributed by atoms with Gasteiger partial charge in [0.05, 0.1) is 17.5 Å². The minimum absolute atomic E-state index is 0.140. The molecule has 0 amide bonds. The number of rotatable bonds is 4. The highest BCUT2D eigenvalue weighted by Crippen LogP contribution is 2.53. The van der Waals surface area contributed by atoms with Crippen molar-refractivity contribution in [1.82, 2.24) is 0 Å². The molecular weight excluding hydrogens is 305 g/mol. The number of hydrogen-bond acceptors (Lipinski definition) is 4. The van der Waals surface area contributed by atoms with Gasteiger partial charge in [0.25, 0.3) is 0 Å². The minimum atomic E-state index is -3.66. The van der Waals surface area contributed by atoms with E-state index in [1.165, 1.54) is 5.06 Å². The summed E-state index contributed by atoms with van der Waals surface area (Å²) in [5, 5.41) is 1.50. The maximum Gasteiger partial charge on any atom is 0.349 e. The predicted molar refractivity (Wildman–Crippen MR) is 85.2 cm³/mol. The Balaban J connectivity index is 2.05. The Morgan fingerprint density at radius 1 is 1.10 bits per heavy atom. The molecule has 2 aromatic rings. The molecule has 1 unspecified atom stereocenters. The van der Waals surface area contributed by atoms with E-state index in [0.29, 0.717) is 6.42 Å². The maximum atomic E-state index is 12.2. The molecule has 2 aromatic carbocycles. The van der Waals surface area contributed by atoms with Crippen LogP contribution in [0.25, 0.3) is 0 Å². The van der Waals surface area contributed by atoms with Gasteiger partial charge in [0.2, 0.25) is 0 Å². The second kappa shape index (κ2) is 5.85. The van der Waals surface area contributed by atoms with Crippen molar-refractivity contribution in [3.05, 3.63) is 48.5 Å². The SMILES string of the molecule is CCCP(=O)(O)ON1c2ccccc2Sc2ccccc21. The Bertz CT molecular complexity index is 661. The van der Waals surface area contributed by atoms with Crippen molar-refractivity contribution in [2.24, 2.45) is 0 Å². The van der Waals surface area contributed by atoms with E-state index < -0.39 is 7.60 Å². The molecule has 0 aromatic heterocycles. The van der Waals surface area contributed by atoms with Crippen molar-refractivity contribution in [2.45, 2.75) is 23.1 Å². The molecule has 0 saturated carbocycles. The van der Waals surface area contributed by atoms with Crippen molar-refractivity contribution < 1.29 is 14.1 Å². The summed E-state index contributed by atoms with van der Waals surface area (Å²) in [6.07, 6.45) is 0.737. The van der Waals surface area contributed by atoms with Gasteiger partial charge in [-0.25, -0.2) is 5.06 Å². The van der Waals surface area contributed by atoms with Gasteiger partial charge in [-0.2, -0.15) is 4.62 Å². The van der Waals surface area contributed by atoms with Crippen LogP contribution in [0, 0.1) is 0 Å². The van der Waals surface area contributed by atoms with Crippen LogP contribution in [0.4, 0.5) is 11.4 Å². The molecule has 6 heteroatoms. The van der Waals surface area contributed by atoms with E-state index in [4.69, 9.17) is 4.62 Å². The van der Waals surface area contributed by atoms with E-state index in [-0.39, 0.29) is 6.16 Å². The van der Waals surface area contributed by atoms with Crippen molar-refractivity contribution in [2.75, 3.05) is 11.2 Å². The zero-order chi connectivity index (χ0) is 14.9. The second-order valence-electron chi connectivity index (χ2n) is 4.77. The van der Waals surface area contributed by atoms with E-state index >= 15 is 0 Å². The van der Waals surface area contributed by atoms with Crippen LogP contribution in [-0.2, 0) is 9.19 Å². The molecule has 0 radical (unpaired) electrons. The van der Waals surface area contributed by atoms with E-state index in [9.17, 15) is 9.46 Å². The Hall–Kier alpha value is -1.26. The fourth-order valence-electron chi connectivity index (χ4n) is 2.21. The van der Waals surface area contributed by atoms with E-state index in [2.05, 4.69) is 0 Å². The summed E-state index contributed by atoms with van der Waals surface area (Å²) in [4.78, 5) is 12.0. The van der Waals surface area contributed by atoms with Gasteiger partial charge in [0.15, 0.2) is 0 Å². The van der Waals surface area contributed by atoms with Crippen LogP contribution in [-0.4, -0.2) is 11.1 Å². The van der Waals surface area contributed by atoms with Crippen molar-refractivity contribution in [3.8, 4) is 0 Å². The van der Waals surface area contributed by atoms with Crippen LogP contribution in [0.2, 0.25) is 0 Å². The summed E-state index contributed by atoms with van der Waals surface area (Å²) in [5.41, 5.74) is 1.60. The summed E-state index contributed by atoms with van der Waals surface area (Å²) in [6.45, 7) is 1.86. The summed E-state index contributed by atoms with van der Waals surface area (Å²) in [7, 11) is -3.66. The molecular formula is C15H16NO3PS. The van der Waals surface area contributed by atoms with Crippen LogP contribution in [0.3, 0.4) is 0 Å². The molecule has 4 nitrogen and oxygen atoms in total. The minimum Gasteiger partial charge on any atom is -0.323 e. The molecule has 1 heterocycles. The van der Waals surface area contributed by atoms with Crippen LogP contribution in [0.15, 0.2) is 58.3 Å². The number of benzene rings is 2. The fourth-order valence-corrected chi connectivity index (χ4v) is 4.33. The first-order chi connectivity index (χ1) is 10.1. The Labute approximate surface area is 128 Å². The molecule has 21 heavy (non-hydrogen) atoms. The topological polar surface area (TPSA) is 49.8 Å². The lowest BCUT2D eigenvalue weighted by atomic mass is 10.2. The van der Waals surface area contributed by atoms with Crippen molar-refractivity contribution >= 4 is 30.7 Å². The third-order valence-electron chi connectivity index (χ3n) is 3.10. The third kappa shape index (κ3) is 3.01. The van der Waals surface area contributed by atoms with Gasteiger partial charge in [0, 0.05) is 9.79 Å². The lowest BCUT2D eigenvalue weighted by Crippen LogP contribution is -2.20. The lowest BCUT2D eigenvalue weighted by Gasteiger charge is -2.32. The maximum absolute atomic E-state index is 12.2. The normalized spacial score (nSPS) is 16.0. The molecule has 0 fully saturated rings. The summed E-state index contributed by atoms with van der Waals surface area (Å²) >= 11 is 1.63. The average molecular weight is 321 g/mol. The van der Waals surface area contributed by atoms with E-state index in [1.54, 1.807) is 11.8 Å². The zero-order valence-electron chi connectivity index (χ0n) is 11.6. The smallest absolute Gasteiger partial charge is 0.323 e. The molecule has 110 valence electrons. The van der Waals surface area contributed by atoms with Gasteiger partial charge in [0.1, 0.15) is 0 Å². The van der Waals surface area contributed by atoms with Gasteiger partial charge < -0.3 is 4.89 Å². The highest BCUT2D eigenvalue weighted by molar-refractivity contribution is 7.99. The Morgan fingerprint density at radius 2 is 1.62 bits per heavy atom. The first kappa shape index (κ1) is 14.7. The van der Waals surface area contributed by atoms with Crippen LogP contribution in [0.1, 0.15) is 13.3 Å². The molecule has 0 aliphatic carbocycles. The van der Waals surface area contributed by atoms with E-state index in [1.807, 2.05) is 55.5 Å². The van der Waals surface area contributed by atoms with Crippen molar-refractivity contribution in [1.29, 1.82) is 0 Å². The molecule has 1 aliphatic rings. The highest BCUT2D eigenvalue weighted by atomic mass is 32.2. The zero-order valence-corrected chi connectivity index (χ0v) is 13.3. The van der Waals surface area contributed by atoms with Gasteiger partial charge in [-0.05, 0) is 30.7 Å². The van der Waals surface area contributed by atoms with Gasteiger partial charge in [-0.1, -0.05) is 43.0 Å². The number of anilines is 2.